The Balaban J connectivity index is 1.29. The fraction of sp³-hybridized carbons (Fsp3) is 0.500. The number of hydrogen-bond donors (Lipinski definition) is 1. The number of thioether (sulfide) groups is 1. The number of amidine groups is 1. The Labute approximate surface area is 168 Å². The molecule has 3 amide bonds. The van der Waals surface area contributed by atoms with Crippen LogP contribution >= 0.6 is 11.8 Å². The van der Waals surface area contributed by atoms with Crippen LogP contribution in [-0.2, 0) is 9.59 Å². The maximum absolute atomic E-state index is 12.4. The number of benzene rings is 1. The summed E-state index contributed by atoms with van der Waals surface area (Å²) in [7, 11) is 0. The third-order valence-corrected chi connectivity index (χ3v) is 6.50. The van der Waals surface area contributed by atoms with Crippen LogP contribution < -0.4 is 5.32 Å². The highest BCUT2D eigenvalue weighted by molar-refractivity contribution is 8.15. The van der Waals surface area contributed by atoms with Crippen molar-refractivity contribution in [3.63, 3.8) is 0 Å². The number of nitrogens with one attached hydrogen (secondary N) is 1. The molecule has 148 valence electrons. The average molecular weight is 401 g/mol. The van der Waals surface area contributed by atoms with Crippen molar-refractivity contribution in [1.29, 1.82) is 0 Å². The van der Waals surface area contributed by atoms with E-state index in [4.69, 9.17) is 0 Å². The Bertz CT molecular complexity index is 796. The first-order valence-corrected chi connectivity index (χ1v) is 10.7. The summed E-state index contributed by atoms with van der Waals surface area (Å²) in [6, 6.07) is 6.94. The van der Waals surface area contributed by atoms with E-state index in [-0.39, 0.29) is 24.1 Å². The normalized spacial score (nSPS) is 21.9. The van der Waals surface area contributed by atoms with Crippen LogP contribution in [0.4, 0.5) is 5.69 Å². The van der Waals surface area contributed by atoms with E-state index >= 15 is 0 Å². The maximum Gasteiger partial charge on any atom is 0.262 e. The smallest absolute Gasteiger partial charge is 0.262 e. The van der Waals surface area contributed by atoms with E-state index in [2.05, 4.69) is 15.2 Å². The highest BCUT2D eigenvalue weighted by Crippen LogP contribution is 2.29. The van der Waals surface area contributed by atoms with Gasteiger partial charge in [0.2, 0.25) is 5.91 Å². The second kappa shape index (κ2) is 8.34. The van der Waals surface area contributed by atoms with Crippen LogP contribution in [0.5, 0.6) is 0 Å². The van der Waals surface area contributed by atoms with Gasteiger partial charge in [0.1, 0.15) is 5.25 Å². The first-order chi connectivity index (χ1) is 13.6. The second-order valence-corrected chi connectivity index (χ2v) is 8.53. The third kappa shape index (κ3) is 4.22. The van der Waals surface area contributed by atoms with Gasteiger partial charge in [-0.05, 0) is 49.9 Å². The highest BCUT2D eigenvalue weighted by atomic mass is 32.2. The summed E-state index contributed by atoms with van der Waals surface area (Å²) in [4.78, 5) is 44.9. The molecular formula is C20H24N4O3S. The van der Waals surface area contributed by atoms with E-state index in [0.717, 1.165) is 57.0 Å². The summed E-state index contributed by atoms with van der Waals surface area (Å²) >= 11 is 1.39. The molecule has 28 heavy (non-hydrogen) atoms. The van der Waals surface area contributed by atoms with Gasteiger partial charge in [0.25, 0.3) is 11.8 Å². The molecule has 0 bridgehead atoms. The summed E-state index contributed by atoms with van der Waals surface area (Å²) < 4.78 is 0. The minimum Gasteiger partial charge on any atom is -0.351 e. The first kappa shape index (κ1) is 19.0. The number of likely N-dealkylation sites (tertiary alicyclic amines) is 2. The Morgan fingerprint density at radius 2 is 1.68 bits per heavy atom. The van der Waals surface area contributed by atoms with Crippen molar-refractivity contribution in [3.8, 4) is 0 Å². The quantitative estimate of drug-likeness (QED) is 0.839. The van der Waals surface area contributed by atoms with Crippen LogP contribution in [0.1, 0.15) is 42.5 Å². The van der Waals surface area contributed by atoms with Gasteiger partial charge in [-0.3, -0.25) is 14.4 Å². The molecule has 3 aliphatic heterocycles. The third-order valence-electron chi connectivity index (χ3n) is 5.29. The lowest BCUT2D eigenvalue weighted by molar-refractivity contribution is -0.121. The number of carbonyl (C=O) groups is 3. The molecule has 1 aromatic rings. The zero-order valence-corrected chi connectivity index (χ0v) is 16.5. The Morgan fingerprint density at radius 1 is 1.04 bits per heavy atom. The van der Waals surface area contributed by atoms with E-state index in [1.54, 1.807) is 24.3 Å². The number of aliphatic imine (C=N–C) groups is 1. The molecule has 0 radical (unpaired) electrons. The molecule has 4 rings (SSSR count). The number of hydrogen-bond acceptors (Lipinski definition) is 5. The highest BCUT2D eigenvalue weighted by Gasteiger charge is 2.33. The zero-order valence-electron chi connectivity index (χ0n) is 15.7. The number of amides is 3. The van der Waals surface area contributed by atoms with E-state index in [9.17, 15) is 14.4 Å². The maximum atomic E-state index is 12.4. The van der Waals surface area contributed by atoms with Crippen LogP contribution in [0.15, 0.2) is 29.3 Å². The van der Waals surface area contributed by atoms with Crippen molar-refractivity contribution in [1.82, 2.24) is 9.80 Å². The van der Waals surface area contributed by atoms with Crippen LogP contribution in [0.3, 0.4) is 0 Å². The molecule has 1 atom stereocenters. The summed E-state index contributed by atoms with van der Waals surface area (Å²) in [6.45, 7) is 3.48. The predicted octanol–water partition coefficient (Wildman–Crippen LogP) is 2.35. The van der Waals surface area contributed by atoms with E-state index in [1.165, 1.54) is 11.8 Å². The molecule has 0 saturated carbocycles. The predicted molar refractivity (Wildman–Crippen MR) is 109 cm³/mol. The average Bonchev–Trinajstić information content (AvgIpc) is 3.45. The van der Waals surface area contributed by atoms with Crippen molar-refractivity contribution in [3.05, 3.63) is 29.8 Å². The Morgan fingerprint density at radius 3 is 2.36 bits per heavy atom. The molecule has 2 fully saturated rings. The van der Waals surface area contributed by atoms with Crippen molar-refractivity contribution >= 4 is 40.3 Å². The van der Waals surface area contributed by atoms with Gasteiger partial charge in [0.15, 0.2) is 5.17 Å². The Hall–Kier alpha value is -2.35. The summed E-state index contributed by atoms with van der Waals surface area (Å²) in [6.07, 6.45) is 4.45. The molecule has 0 aliphatic carbocycles. The number of anilines is 1. The molecule has 1 N–H and O–H groups in total. The van der Waals surface area contributed by atoms with Gasteiger partial charge in [-0.15, -0.1) is 0 Å². The lowest BCUT2D eigenvalue weighted by atomic mass is 10.1. The minimum atomic E-state index is -0.452. The molecule has 8 heteroatoms. The number of rotatable bonds is 4. The van der Waals surface area contributed by atoms with Gasteiger partial charge in [-0.2, -0.15) is 4.99 Å². The Kier molecular flexibility index (Phi) is 5.66. The van der Waals surface area contributed by atoms with Gasteiger partial charge in [0, 0.05) is 43.9 Å². The van der Waals surface area contributed by atoms with Gasteiger partial charge >= 0.3 is 0 Å². The number of carbonyl (C=O) groups excluding carboxylic acids is 3. The molecular weight excluding hydrogens is 376 g/mol. The summed E-state index contributed by atoms with van der Waals surface area (Å²) in [5, 5.41) is 3.12. The van der Waals surface area contributed by atoms with Gasteiger partial charge in [0.05, 0.1) is 0 Å². The van der Waals surface area contributed by atoms with Crippen molar-refractivity contribution in [2.24, 2.45) is 4.99 Å². The topological polar surface area (TPSA) is 82.1 Å². The summed E-state index contributed by atoms with van der Waals surface area (Å²) in [5.74, 6) is -0.411. The monoisotopic (exact) mass is 400 g/mol. The zero-order chi connectivity index (χ0) is 19.5. The van der Waals surface area contributed by atoms with Crippen LogP contribution in [0.2, 0.25) is 0 Å². The van der Waals surface area contributed by atoms with Gasteiger partial charge in [-0.1, -0.05) is 11.8 Å². The molecule has 7 nitrogen and oxygen atoms in total. The molecule has 0 aromatic heterocycles. The van der Waals surface area contributed by atoms with Crippen molar-refractivity contribution in [2.75, 3.05) is 31.5 Å². The fourth-order valence-electron chi connectivity index (χ4n) is 3.73. The molecule has 3 aliphatic rings. The van der Waals surface area contributed by atoms with Crippen molar-refractivity contribution < 1.29 is 14.4 Å². The van der Waals surface area contributed by atoms with Crippen molar-refractivity contribution in [2.45, 2.75) is 37.4 Å². The van der Waals surface area contributed by atoms with Crippen LogP contribution in [-0.4, -0.2) is 64.1 Å². The van der Waals surface area contributed by atoms with E-state index in [1.807, 2.05) is 4.90 Å². The van der Waals surface area contributed by atoms with Gasteiger partial charge < -0.3 is 15.1 Å². The van der Waals surface area contributed by atoms with Crippen LogP contribution in [0.25, 0.3) is 0 Å². The SMILES string of the molecule is O=C(C[C@@H]1SC(N2CCCC2)=NC1=O)Nc1ccc(C(=O)N2CCCC2)cc1. The number of nitrogens with zero attached hydrogens (tertiary/aromatic N) is 3. The molecule has 0 unspecified atom stereocenters. The largest absolute Gasteiger partial charge is 0.351 e. The van der Waals surface area contributed by atoms with Gasteiger partial charge in [-0.25, -0.2) is 0 Å². The second-order valence-electron chi connectivity index (χ2n) is 7.36. The first-order valence-electron chi connectivity index (χ1n) is 9.83. The lowest BCUT2D eigenvalue weighted by Crippen LogP contribution is -2.27. The molecule has 0 spiro atoms. The standard InChI is InChI=1S/C20H24N4O3S/c25-17(13-16-18(26)22-20(28-16)24-11-3-4-12-24)21-15-7-5-14(6-8-15)19(27)23-9-1-2-10-23/h5-8,16H,1-4,9-13H2,(H,21,25)/t16-/m0/s1. The minimum absolute atomic E-state index is 0.0370. The van der Waals surface area contributed by atoms with E-state index < -0.39 is 5.25 Å². The molecule has 2 saturated heterocycles. The van der Waals surface area contributed by atoms with E-state index in [0.29, 0.717) is 11.3 Å². The van der Waals surface area contributed by atoms with Crippen LogP contribution in [0, 0.1) is 0 Å². The lowest BCUT2D eigenvalue weighted by Gasteiger charge is -2.16. The summed E-state index contributed by atoms with van der Waals surface area (Å²) in [5.41, 5.74) is 1.25. The fourth-order valence-corrected chi connectivity index (χ4v) is 4.85. The molecule has 1 aromatic carbocycles. The molecule has 3 heterocycles.